The van der Waals surface area contributed by atoms with Crippen LogP contribution in [-0.4, -0.2) is 28.0 Å². The quantitative estimate of drug-likeness (QED) is 0.243. The van der Waals surface area contributed by atoms with Gasteiger partial charge in [-0.05, 0) is 29.3 Å². The van der Waals surface area contributed by atoms with Crippen molar-refractivity contribution in [3.8, 4) is 29.6 Å². The monoisotopic (exact) mass is 480 g/mol. The molecular weight excluding hydrogens is 467 g/mol. The summed E-state index contributed by atoms with van der Waals surface area (Å²) in [4.78, 5) is 15.9. The van der Waals surface area contributed by atoms with Gasteiger partial charge in [-0.25, -0.2) is 15.0 Å². The molecular formula is C20H14ClFN10O2. The largest absolute Gasteiger partial charge is 0.493 e. The van der Waals surface area contributed by atoms with Gasteiger partial charge in [0.2, 0.25) is 17.1 Å². The Hall–Kier alpha value is -4.88. The predicted octanol–water partition coefficient (Wildman–Crippen LogP) is 2.44. The number of nitriles is 2. The summed E-state index contributed by atoms with van der Waals surface area (Å²) in [6, 6.07) is 5.82. The Kier molecular flexibility index (Phi) is 5.86. The average molecular weight is 481 g/mol. The van der Waals surface area contributed by atoms with Crippen LogP contribution in [0.2, 0.25) is 5.28 Å². The maximum Gasteiger partial charge on any atom is 0.260 e. The Bertz CT molecular complexity index is 1420. The molecule has 0 saturated carbocycles. The summed E-state index contributed by atoms with van der Waals surface area (Å²) in [7, 11) is 1.39. The van der Waals surface area contributed by atoms with Crippen LogP contribution >= 0.6 is 11.6 Å². The number of hydrogen-bond acceptors (Lipinski definition) is 12. The lowest BCUT2D eigenvalue weighted by atomic mass is 9.95. The Labute approximate surface area is 196 Å². The van der Waals surface area contributed by atoms with E-state index in [1.54, 1.807) is 18.3 Å². The van der Waals surface area contributed by atoms with Gasteiger partial charge in [0.15, 0.2) is 17.7 Å². The highest BCUT2D eigenvalue weighted by Crippen LogP contribution is 2.43. The highest BCUT2D eigenvalue weighted by atomic mass is 35.5. The van der Waals surface area contributed by atoms with Gasteiger partial charge in [0.05, 0.1) is 19.0 Å². The number of rotatable bonds is 4. The summed E-state index contributed by atoms with van der Waals surface area (Å²) in [5.74, 6) is -0.625. The number of ether oxygens (including phenoxy) is 2. The first kappa shape index (κ1) is 22.3. The summed E-state index contributed by atoms with van der Waals surface area (Å²) < 4.78 is 24.9. The molecule has 12 nitrogen and oxygen atoms in total. The van der Waals surface area contributed by atoms with Gasteiger partial charge in [-0.2, -0.15) is 19.9 Å². The number of aromatic nitrogens is 3. The van der Waals surface area contributed by atoms with Crippen molar-refractivity contribution in [2.75, 3.05) is 23.9 Å². The van der Waals surface area contributed by atoms with Crippen molar-refractivity contribution in [3.05, 3.63) is 52.2 Å². The molecule has 0 saturated heterocycles. The van der Waals surface area contributed by atoms with Crippen LogP contribution in [0, 0.1) is 28.6 Å². The Morgan fingerprint density at radius 2 is 2.03 bits per heavy atom. The standard InChI is InChI=1S/C20H14ClFN10O2/c1-33-12-4-8(2-3-11(12)34-18-10(22)6-27-19(21)32-18)15-13-14(25)9(5-23)16(26)30-17(13)31-20(29-15)28-7-24/h2-4,6,15H,1H3,(H6,25,26,28,29,30,31). The van der Waals surface area contributed by atoms with Crippen LogP contribution in [0.5, 0.6) is 17.4 Å². The minimum absolute atomic E-state index is 0.000441. The molecule has 1 aliphatic rings. The van der Waals surface area contributed by atoms with E-state index in [0.717, 1.165) is 6.20 Å². The molecule has 0 fully saturated rings. The van der Waals surface area contributed by atoms with Gasteiger partial charge in [-0.1, -0.05) is 6.07 Å². The summed E-state index contributed by atoms with van der Waals surface area (Å²) in [5, 5.41) is 23.5. The molecule has 1 aliphatic heterocycles. The summed E-state index contributed by atoms with van der Waals surface area (Å²) in [5.41, 5.74) is 13.1. The van der Waals surface area contributed by atoms with Crippen LogP contribution in [0.4, 0.5) is 21.7 Å². The molecule has 4 rings (SSSR count). The molecule has 14 heteroatoms. The molecule has 0 bridgehead atoms. The van der Waals surface area contributed by atoms with E-state index in [0.29, 0.717) is 11.1 Å². The second kappa shape index (κ2) is 8.93. The van der Waals surface area contributed by atoms with Crippen molar-refractivity contribution in [3.63, 3.8) is 0 Å². The first-order chi connectivity index (χ1) is 16.4. The number of nitrogens with zero attached hydrogens (tertiary/aromatic N) is 6. The van der Waals surface area contributed by atoms with Crippen LogP contribution in [0.25, 0.3) is 0 Å². The summed E-state index contributed by atoms with van der Waals surface area (Å²) in [6.07, 6.45) is 2.65. The van der Waals surface area contributed by atoms with Gasteiger partial charge in [0, 0.05) is 5.56 Å². The number of anilines is 3. The van der Waals surface area contributed by atoms with Gasteiger partial charge in [0.1, 0.15) is 29.3 Å². The fourth-order valence-corrected chi connectivity index (χ4v) is 3.39. The number of benzene rings is 1. The van der Waals surface area contributed by atoms with Crippen LogP contribution < -0.4 is 31.6 Å². The second-order valence-electron chi connectivity index (χ2n) is 6.71. The lowest BCUT2D eigenvalue weighted by Crippen LogP contribution is -2.32. The van der Waals surface area contributed by atoms with Crippen molar-refractivity contribution < 1.29 is 13.9 Å². The molecule has 0 radical (unpaired) electrons. The lowest BCUT2D eigenvalue weighted by molar-refractivity contribution is 0.362. The SMILES string of the molecule is COc1cc(C2N=C(NC#N)Nc3nc(N)c(C#N)c(N)c32)ccc1Oc1nc(Cl)ncc1F. The summed E-state index contributed by atoms with van der Waals surface area (Å²) in [6.45, 7) is 0. The predicted molar refractivity (Wildman–Crippen MR) is 119 cm³/mol. The molecule has 1 unspecified atom stereocenters. The van der Waals surface area contributed by atoms with E-state index in [1.807, 2.05) is 6.07 Å². The van der Waals surface area contributed by atoms with Crippen LogP contribution in [0.15, 0.2) is 29.4 Å². The van der Waals surface area contributed by atoms with Gasteiger partial charge in [-0.15, -0.1) is 0 Å². The van der Waals surface area contributed by atoms with E-state index in [2.05, 4.69) is 30.6 Å². The number of nitrogen functional groups attached to an aromatic ring is 2. The average Bonchev–Trinajstić information content (AvgIpc) is 2.81. The maximum atomic E-state index is 14.0. The lowest BCUT2D eigenvalue weighted by Gasteiger charge is -2.26. The fraction of sp³-hybridized carbons (Fsp3) is 0.100. The smallest absolute Gasteiger partial charge is 0.260 e. The number of methoxy groups -OCH3 is 1. The van der Waals surface area contributed by atoms with E-state index >= 15 is 0 Å². The van der Waals surface area contributed by atoms with E-state index in [1.165, 1.54) is 13.2 Å². The first-order valence-electron chi connectivity index (χ1n) is 9.39. The molecule has 0 spiro atoms. The molecule has 6 N–H and O–H groups in total. The summed E-state index contributed by atoms with van der Waals surface area (Å²) >= 11 is 5.72. The first-order valence-corrected chi connectivity index (χ1v) is 9.76. The molecule has 1 aromatic carbocycles. The van der Waals surface area contributed by atoms with E-state index in [9.17, 15) is 9.65 Å². The number of nitrogens with two attached hydrogens (primary N) is 2. The zero-order chi connectivity index (χ0) is 24.4. The number of guanidine groups is 1. The number of halogens is 2. The van der Waals surface area contributed by atoms with Gasteiger partial charge >= 0.3 is 0 Å². The Morgan fingerprint density at radius 3 is 2.74 bits per heavy atom. The molecule has 0 amide bonds. The fourth-order valence-electron chi connectivity index (χ4n) is 3.27. The second-order valence-corrected chi connectivity index (χ2v) is 7.04. The van der Waals surface area contributed by atoms with Gasteiger partial charge in [0.25, 0.3) is 5.88 Å². The highest BCUT2D eigenvalue weighted by molar-refractivity contribution is 6.28. The van der Waals surface area contributed by atoms with Crippen LogP contribution in [0.1, 0.15) is 22.7 Å². The van der Waals surface area contributed by atoms with Gasteiger partial charge in [-0.3, -0.25) is 5.32 Å². The van der Waals surface area contributed by atoms with Crippen LogP contribution in [0.3, 0.4) is 0 Å². The molecule has 170 valence electrons. The topological polar surface area (TPSA) is 193 Å². The van der Waals surface area contributed by atoms with E-state index < -0.39 is 11.9 Å². The third kappa shape index (κ3) is 3.99. The van der Waals surface area contributed by atoms with Crippen LogP contribution in [-0.2, 0) is 0 Å². The van der Waals surface area contributed by atoms with Crippen molar-refractivity contribution in [2.45, 2.75) is 6.04 Å². The highest BCUT2D eigenvalue weighted by Gasteiger charge is 2.30. The Balaban J connectivity index is 1.82. The third-order valence-electron chi connectivity index (χ3n) is 4.75. The van der Waals surface area contributed by atoms with E-state index in [-0.39, 0.29) is 51.5 Å². The van der Waals surface area contributed by atoms with Crippen molar-refractivity contribution in [1.29, 1.82) is 10.5 Å². The Morgan fingerprint density at radius 1 is 1.24 bits per heavy atom. The normalized spacial score (nSPS) is 14.0. The van der Waals surface area contributed by atoms with Crippen molar-refractivity contribution in [2.24, 2.45) is 4.99 Å². The molecule has 3 aromatic rings. The van der Waals surface area contributed by atoms with Gasteiger partial charge < -0.3 is 26.3 Å². The van der Waals surface area contributed by atoms with Crippen molar-refractivity contribution >= 4 is 34.9 Å². The maximum absolute atomic E-state index is 14.0. The molecule has 3 heterocycles. The number of pyridine rings is 1. The number of aliphatic imine (C=N–C) groups is 1. The molecule has 34 heavy (non-hydrogen) atoms. The van der Waals surface area contributed by atoms with E-state index in [4.69, 9.17) is 37.8 Å². The number of nitrogens with one attached hydrogen (secondary N) is 2. The molecule has 0 aliphatic carbocycles. The number of fused-ring (bicyclic) bond motifs is 1. The molecule has 2 aromatic heterocycles. The number of hydrogen-bond donors (Lipinski definition) is 4. The molecule has 1 atom stereocenters. The zero-order valence-electron chi connectivity index (χ0n) is 17.3. The zero-order valence-corrected chi connectivity index (χ0v) is 18.1. The minimum atomic E-state index is -0.819. The third-order valence-corrected chi connectivity index (χ3v) is 4.93. The van der Waals surface area contributed by atoms with Crippen molar-refractivity contribution in [1.82, 2.24) is 20.3 Å². The minimum Gasteiger partial charge on any atom is -0.493 e.